The van der Waals surface area contributed by atoms with Crippen molar-refractivity contribution >= 4 is 17.4 Å². The van der Waals surface area contributed by atoms with Gasteiger partial charge in [0, 0.05) is 19.3 Å². The van der Waals surface area contributed by atoms with E-state index in [-0.39, 0.29) is 5.38 Å². The highest BCUT2D eigenvalue weighted by Gasteiger charge is 2.21. The normalized spacial score (nSPS) is 20.9. The van der Waals surface area contributed by atoms with Crippen molar-refractivity contribution < 1.29 is 4.74 Å². The van der Waals surface area contributed by atoms with Crippen LogP contribution in [0.4, 0.5) is 5.82 Å². The van der Waals surface area contributed by atoms with Crippen LogP contribution < -0.4 is 9.64 Å². The largest absolute Gasteiger partial charge is 0.490 e. The number of halogens is 1. The lowest BCUT2D eigenvalue weighted by atomic mass is 10.1. The molecule has 0 aliphatic carbocycles. The van der Waals surface area contributed by atoms with Gasteiger partial charge in [0.15, 0.2) is 11.6 Å². The van der Waals surface area contributed by atoms with E-state index >= 15 is 0 Å². The van der Waals surface area contributed by atoms with Crippen LogP contribution in [-0.4, -0.2) is 30.1 Å². The van der Waals surface area contributed by atoms with Crippen LogP contribution >= 0.6 is 11.6 Å². The van der Waals surface area contributed by atoms with Gasteiger partial charge in [0.25, 0.3) is 0 Å². The van der Waals surface area contributed by atoms with Crippen molar-refractivity contribution in [1.82, 2.24) is 4.98 Å². The SMILES string of the molecule is CCOc1cccnc1N1CCCC(Cl)C1. The lowest BCUT2D eigenvalue weighted by Gasteiger charge is -2.31. The summed E-state index contributed by atoms with van der Waals surface area (Å²) in [5, 5.41) is 0.227. The fraction of sp³-hybridized carbons (Fsp3) is 0.583. The number of anilines is 1. The van der Waals surface area contributed by atoms with Crippen LogP contribution in [0.25, 0.3) is 0 Å². The minimum absolute atomic E-state index is 0.227. The summed E-state index contributed by atoms with van der Waals surface area (Å²) in [5.74, 6) is 1.78. The summed E-state index contributed by atoms with van der Waals surface area (Å²) >= 11 is 6.18. The molecule has 1 aromatic heterocycles. The molecule has 4 heteroatoms. The fourth-order valence-electron chi connectivity index (χ4n) is 2.01. The summed E-state index contributed by atoms with van der Waals surface area (Å²) < 4.78 is 5.58. The number of aromatic nitrogens is 1. The Morgan fingerprint density at radius 1 is 1.62 bits per heavy atom. The van der Waals surface area contributed by atoms with E-state index in [4.69, 9.17) is 16.3 Å². The summed E-state index contributed by atoms with van der Waals surface area (Å²) in [5.41, 5.74) is 0. The van der Waals surface area contributed by atoms with Crippen molar-refractivity contribution in [2.24, 2.45) is 0 Å². The van der Waals surface area contributed by atoms with E-state index in [2.05, 4.69) is 9.88 Å². The van der Waals surface area contributed by atoms with Crippen LogP contribution in [0.1, 0.15) is 19.8 Å². The number of pyridine rings is 1. The fourth-order valence-corrected chi connectivity index (χ4v) is 2.33. The zero-order valence-corrected chi connectivity index (χ0v) is 10.3. The molecular weight excluding hydrogens is 224 g/mol. The van der Waals surface area contributed by atoms with E-state index in [0.717, 1.165) is 37.5 Å². The Balaban J connectivity index is 2.17. The predicted octanol–water partition coefficient (Wildman–Crippen LogP) is 2.69. The van der Waals surface area contributed by atoms with Gasteiger partial charge in [-0.1, -0.05) is 0 Å². The van der Waals surface area contributed by atoms with Gasteiger partial charge in [0.05, 0.1) is 12.0 Å². The molecule has 0 saturated carbocycles. The highest BCUT2D eigenvalue weighted by molar-refractivity contribution is 6.21. The molecule has 3 nitrogen and oxygen atoms in total. The number of piperidine rings is 1. The third kappa shape index (κ3) is 2.59. The van der Waals surface area contributed by atoms with E-state index in [1.165, 1.54) is 0 Å². The van der Waals surface area contributed by atoms with Crippen LogP contribution in [0, 0.1) is 0 Å². The molecule has 1 fully saturated rings. The van der Waals surface area contributed by atoms with Crippen molar-refractivity contribution in [3.05, 3.63) is 18.3 Å². The van der Waals surface area contributed by atoms with Gasteiger partial charge in [-0.25, -0.2) is 4.98 Å². The summed E-state index contributed by atoms with van der Waals surface area (Å²) in [4.78, 5) is 6.61. The first-order chi connectivity index (χ1) is 7.81. The van der Waals surface area contributed by atoms with Crippen LogP contribution in [0.3, 0.4) is 0 Å². The lowest BCUT2D eigenvalue weighted by Crippen LogP contribution is -2.36. The molecule has 1 aliphatic heterocycles. The molecular formula is C12H17ClN2O. The zero-order chi connectivity index (χ0) is 11.4. The van der Waals surface area contributed by atoms with Gasteiger partial charge >= 0.3 is 0 Å². The molecule has 2 heterocycles. The van der Waals surface area contributed by atoms with Crippen LogP contribution in [0.2, 0.25) is 0 Å². The monoisotopic (exact) mass is 240 g/mol. The van der Waals surface area contributed by atoms with E-state index in [1.54, 1.807) is 6.20 Å². The minimum Gasteiger partial charge on any atom is -0.490 e. The molecule has 0 aromatic carbocycles. The lowest BCUT2D eigenvalue weighted by molar-refractivity contribution is 0.338. The Kier molecular flexibility index (Phi) is 3.88. The van der Waals surface area contributed by atoms with E-state index in [9.17, 15) is 0 Å². The third-order valence-corrected chi connectivity index (χ3v) is 3.07. The topological polar surface area (TPSA) is 25.4 Å². The van der Waals surface area contributed by atoms with Gasteiger partial charge in [-0.05, 0) is 31.9 Å². The van der Waals surface area contributed by atoms with Crippen molar-refractivity contribution in [2.45, 2.75) is 25.1 Å². The Hall–Kier alpha value is -0.960. The Bertz CT molecular complexity index is 346. The summed E-state index contributed by atoms with van der Waals surface area (Å²) in [7, 11) is 0. The second kappa shape index (κ2) is 5.39. The van der Waals surface area contributed by atoms with Crippen molar-refractivity contribution in [1.29, 1.82) is 0 Å². The van der Waals surface area contributed by atoms with Crippen LogP contribution in [-0.2, 0) is 0 Å². The van der Waals surface area contributed by atoms with Crippen molar-refractivity contribution in [2.75, 3.05) is 24.6 Å². The third-order valence-electron chi connectivity index (χ3n) is 2.71. The molecule has 1 aromatic rings. The molecule has 1 atom stereocenters. The molecule has 0 radical (unpaired) electrons. The minimum atomic E-state index is 0.227. The molecule has 1 unspecified atom stereocenters. The summed E-state index contributed by atoms with van der Waals surface area (Å²) in [6.07, 6.45) is 4.01. The highest BCUT2D eigenvalue weighted by Crippen LogP contribution is 2.28. The van der Waals surface area contributed by atoms with Gasteiger partial charge in [-0.3, -0.25) is 0 Å². The average Bonchev–Trinajstić information content (AvgIpc) is 2.30. The van der Waals surface area contributed by atoms with Gasteiger partial charge in [-0.2, -0.15) is 0 Å². The maximum absolute atomic E-state index is 6.18. The Morgan fingerprint density at radius 3 is 3.25 bits per heavy atom. The number of hydrogen-bond donors (Lipinski definition) is 0. The standard InChI is InChI=1S/C12H17ClN2O/c1-2-16-11-6-3-7-14-12(11)15-8-4-5-10(13)9-15/h3,6-7,10H,2,4-5,8-9H2,1H3. The van der Waals surface area contributed by atoms with Crippen LogP contribution in [0.5, 0.6) is 5.75 Å². The molecule has 88 valence electrons. The molecule has 0 amide bonds. The van der Waals surface area contributed by atoms with Crippen molar-refractivity contribution in [3.63, 3.8) is 0 Å². The molecule has 0 bridgehead atoms. The Labute approximate surface area is 101 Å². The maximum atomic E-state index is 6.18. The highest BCUT2D eigenvalue weighted by atomic mass is 35.5. The van der Waals surface area contributed by atoms with Gasteiger partial charge in [0.2, 0.25) is 0 Å². The van der Waals surface area contributed by atoms with Crippen molar-refractivity contribution in [3.8, 4) is 5.75 Å². The summed E-state index contributed by atoms with van der Waals surface area (Å²) in [6.45, 7) is 4.52. The number of ether oxygens (including phenoxy) is 1. The molecule has 1 saturated heterocycles. The number of hydrogen-bond acceptors (Lipinski definition) is 3. The van der Waals surface area contributed by atoms with Crippen LogP contribution in [0.15, 0.2) is 18.3 Å². The average molecular weight is 241 g/mol. The predicted molar refractivity (Wildman–Crippen MR) is 66.5 cm³/mol. The van der Waals surface area contributed by atoms with Gasteiger partial charge in [-0.15, -0.1) is 11.6 Å². The van der Waals surface area contributed by atoms with Gasteiger partial charge < -0.3 is 9.64 Å². The number of alkyl halides is 1. The first kappa shape index (κ1) is 11.5. The van der Waals surface area contributed by atoms with E-state index in [1.807, 2.05) is 19.1 Å². The molecule has 0 spiro atoms. The molecule has 2 rings (SSSR count). The maximum Gasteiger partial charge on any atom is 0.171 e. The quantitative estimate of drug-likeness (QED) is 0.760. The zero-order valence-electron chi connectivity index (χ0n) is 9.53. The van der Waals surface area contributed by atoms with E-state index < -0.39 is 0 Å². The molecule has 16 heavy (non-hydrogen) atoms. The molecule has 1 aliphatic rings. The number of nitrogens with zero attached hydrogens (tertiary/aromatic N) is 2. The Morgan fingerprint density at radius 2 is 2.50 bits per heavy atom. The smallest absolute Gasteiger partial charge is 0.171 e. The number of rotatable bonds is 3. The second-order valence-electron chi connectivity index (χ2n) is 3.94. The summed E-state index contributed by atoms with van der Waals surface area (Å²) in [6, 6.07) is 3.86. The first-order valence-corrected chi connectivity index (χ1v) is 6.21. The van der Waals surface area contributed by atoms with Gasteiger partial charge in [0.1, 0.15) is 0 Å². The van der Waals surface area contributed by atoms with E-state index in [0.29, 0.717) is 6.61 Å². The second-order valence-corrected chi connectivity index (χ2v) is 4.56. The molecule has 0 N–H and O–H groups in total. The first-order valence-electron chi connectivity index (χ1n) is 5.78.